The van der Waals surface area contributed by atoms with Gasteiger partial charge in [0.15, 0.2) is 0 Å². The van der Waals surface area contributed by atoms with E-state index in [9.17, 15) is 14.4 Å². The van der Waals surface area contributed by atoms with Crippen molar-refractivity contribution in [2.24, 2.45) is 17.8 Å². The maximum atomic E-state index is 13.7. The summed E-state index contributed by atoms with van der Waals surface area (Å²) in [6.45, 7) is 6.58. The van der Waals surface area contributed by atoms with Crippen LogP contribution in [0.3, 0.4) is 0 Å². The Kier molecular flexibility index (Phi) is 7.39. The van der Waals surface area contributed by atoms with Crippen LogP contribution >= 0.6 is 0 Å². The molecule has 5 rings (SSSR count). The first-order chi connectivity index (χ1) is 17.0. The summed E-state index contributed by atoms with van der Waals surface area (Å²) < 4.78 is 0. The van der Waals surface area contributed by atoms with E-state index >= 15 is 0 Å². The van der Waals surface area contributed by atoms with Crippen LogP contribution in [0.5, 0.6) is 0 Å². The lowest BCUT2D eigenvalue weighted by Gasteiger charge is -2.42. The van der Waals surface area contributed by atoms with Gasteiger partial charge in [0.1, 0.15) is 0 Å². The quantitative estimate of drug-likeness (QED) is 0.674. The highest BCUT2D eigenvalue weighted by Gasteiger charge is 2.51. The van der Waals surface area contributed by atoms with E-state index < -0.39 is 0 Å². The molecule has 1 aliphatic carbocycles. The summed E-state index contributed by atoms with van der Waals surface area (Å²) in [7, 11) is 0. The van der Waals surface area contributed by atoms with Gasteiger partial charge in [-0.05, 0) is 31.0 Å². The number of hydrazine groups is 1. The molecule has 3 saturated heterocycles. The Bertz CT molecular complexity index is 911. The molecular weight excluding hydrogens is 442 g/mol. The molecule has 190 valence electrons. The van der Waals surface area contributed by atoms with Gasteiger partial charge in [0.25, 0.3) is 0 Å². The minimum atomic E-state index is -0.281. The molecule has 1 aromatic rings. The predicted molar refractivity (Wildman–Crippen MR) is 134 cm³/mol. The number of nitrogens with one attached hydrogen (secondary N) is 1. The van der Waals surface area contributed by atoms with Gasteiger partial charge in [-0.25, -0.2) is 10.4 Å². The van der Waals surface area contributed by atoms with Crippen molar-refractivity contribution < 1.29 is 14.4 Å². The van der Waals surface area contributed by atoms with Crippen molar-refractivity contribution in [2.45, 2.75) is 51.5 Å². The van der Waals surface area contributed by atoms with Crippen LogP contribution in [0.4, 0.5) is 5.69 Å². The summed E-state index contributed by atoms with van der Waals surface area (Å²) in [6, 6.07) is 9.40. The molecule has 4 fully saturated rings. The number of rotatable bonds is 6. The number of anilines is 1. The van der Waals surface area contributed by atoms with E-state index in [2.05, 4.69) is 17.2 Å². The minimum Gasteiger partial charge on any atom is -0.339 e. The van der Waals surface area contributed by atoms with Crippen molar-refractivity contribution in [3.05, 3.63) is 30.3 Å². The summed E-state index contributed by atoms with van der Waals surface area (Å²) in [5.41, 5.74) is 4.20. The van der Waals surface area contributed by atoms with Gasteiger partial charge in [-0.15, -0.1) is 0 Å². The van der Waals surface area contributed by atoms with Gasteiger partial charge in [0.05, 0.1) is 23.6 Å². The van der Waals surface area contributed by atoms with E-state index in [1.807, 2.05) is 40.1 Å². The number of piperazine rings is 1. The Morgan fingerprint density at radius 1 is 0.971 bits per heavy atom. The average Bonchev–Trinajstić information content (AvgIpc) is 3.55. The second kappa shape index (κ2) is 10.7. The number of carbonyl (C=O) groups is 3. The molecule has 1 aromatic carbocycles. The predicted octanol–water partition coefficient (Wildman–Crippen LogP) is 2.12. The van der Waals surface area contributed by atoms with Crippen molar-refractivity contribution in [3.63, 3.8) is 0 Å². The maximum Gasteiger partial charge on any atom is 0.247 e. The Balaban J connectivity index is 1.20. The standard InChI is InChI=1S/C27H39N5O3/c1-2-29-18-22(25-23(19-29)27(35)32(28-25)21-10-4-3-5-11-21)26(34)31-16-14-30(15-17-31)24(33)13-12-20-8-6-7-9-20/h3-5,10-11,20,22-23,25,28H,2,6-9,12-19H2,1H3. The highest BCUT2D eigenvalue weighted by Crippen LogP contribution is 2.33. The lowest BCUT2D eigenvalue weighted by molar-refractivity contribution is -0.145. The van der Waals surface area contributed by atoms with Gasteiger partial charge < -0.3 is 14.7 Å². The molecule has 1 saturated carbocycles. The molecule has 3 amide bonds. The zero-order valence-electron chi connectivity index (χ0n) is 20.9. The van der Waals surface area contributed by atoms with Gasteiger partial charge in [0, 0.05) is 45.7 Å². The normalized spacial score (nSPS) is 28.0. The number of benzene rings is 1. The summed E-state index contributed by atoms with van der Waals surface area (Å²) in [6.07, 6.45) is 6.80. The fourth-order valence-electron chi connectivity index (χ4n) is 6.39. The largest absolute Gasteiger partial charge is 0.339 e. The SMILES string of the molecule is CCN1CC(C(=O)N2CCN(C(=O)CCC3CCCC3)CC2)C2NN(c3ccccc3)C(=O)C2C1. The summed E-state index contributed by atoms with van der Waals surface area (Å²) in [4.78, 5) is 45.8. The number of hydrogen-bond donors (Lipinski definition) is 1. The van der Waals surface area contributed by atoms with Crippen LogP contribution in [-0.4, -0.2) is 84.3 Å². The summed E-state index contributed by atoms with van der Waals surface area (Å²) >= 11 is 0. The number of hydrogen-bond acceptors (Lipinski definition) is 5. The lowest BCUT2D eigenvalue weighted by Crippen LogP contribution is -2.60. The van der Waals surface area contributed by atoms with Crippen LogP contribution in [-0.2, 0) is 14.4 Å². The number of nitrogens with zero attached hydrogens (tertiary/aromatic N) is 4. The third kappa shape index (κ3) is 5.09. The highest BCUT2D eigenvalue weighted by molar-refractivity contribution is 5.98. The second-order valence-electron chi connectivity index (χ2n) is 10.6. The highest BCUT2D eigenvalue weighted by atomic mass is 16.2. The molecule has 8 heteroatoms. The van der Waals surface area contributed by atoms with Crippen molar-refractivity contribution in [1.82, 2.24) is 20.1 Å². The molecule has 3 heterocycles. The van der Waals surface area contributed by atoms with Crippen LogP contribution in [0.15, 0.2) is 30.3 Å². The summed E-state index contributed by atoms with van der Waals surface area (Å²) in [5.74, 6) is 0.577. The van der Waals surface area contributed by atoms with Crippen LogP contribution in [0, 0.1) is 17.8 Å². The topological polar surface area (TPSA) is 76.2 Å². The van der Waals surface area contributed by atoms with Gasteiger partial charge in [-0.3, -0.25) is 14.4 Å². The monoisotopic (exact) mass is 481 g/mol. The number of para-hydroxylation sites is 1. The number of carbonyl (C=O) groups excluding carboxylic acids is 3. The number of fused-ring (bicyclic) bond motifs is 1. The molecule has 8 nitrogen and oxygen atoms in total. The molecule has 0 aromatic heterocycles. The Morgan fingerprint density at radius 3 is 2.34 bits per heavy atom. The molecule has 35 heavy (non-hydrogen) atoms. The third-order valence-corrected chi connectivity index (χ3v) is 8.56. The fraction of sp³-hybridized carbons (Fsp3) is 0.667. The van der Waals surface area contributed by atoms with Crippen molar-refractivity contribution >= 4 is 23.4 Å². The Hall–Kier alpha value is -2.45. The first kappa shape index (κ1) is 24.3. The van der Waals surface area contributed by atoms with E-state index in [-0.39, 0.29) is 35.6 Å². The van der Waals surface area contributed by atoms with Crippen LogP contribution in [0.25, 0.3) is 0 Å². The van der Waals surface area contributed by atoms with Crippen LogP contribution in [0.1, 0.15) is 45.4 Å². The first-order valence-corrected chi connectivity index (χ1v) is 13.5. The van der Waals surface area contributed by atoms with Gasteiger partial charge >= 0.3 is 0 Å². The average molecular weight is 482 g/mol. The van der Waals surface area contributed by atoms with E-state index in [1.165, 1.54) is 25.7 Å². The summed E-state index contributed by atoms with van der Waals surface area (Å²) in [5, 5.41) is 1.63. The number of amides is 3. The molecular formula is C27H39N5O3. The lowest BCUT2D eigenvalue weighted by atomic mass is 9.83. The van der Waals surface area contributed by atoms with Crippen LogP contribution < -0.4 is 10.4 Å². The minimum absolute atomic E-state index is 0.0369. The van der Waals surface area contributed by atoms with Crippen molar-refractivity contribution in [1.29, 1.82) is 0 Å². The molecule has 3 atom stereocenters. The zero-order chi connectivity index (χ0) is 24.4. The zero-order valence-corrected chi connectivity index (χ0v) is 20.9. The molecule has 4 aliphatic rings. The second-order valence-corrected chi connectivity index (χ2v) is 10.6. The van der Waals surface area contributed by atoms with Gasteiger partial charge in [-0.2, -0.15) is 0 Å². The van der Waals surface area contributed by atoms with Crippen molar-refractivity contribution in [2.75, 3.05) is 50.8 Å². The van der Waals surface area contributed by atoms with Gasteiger partial charge in [0.2, 0.25) is 17.7 Å². The van der Waals surface area contributed by atoms with Crippen LogP contribution in [0.2, 0.25) is 0 Å². The number of likely N-dealkylation sites (tertiary alicyclic amines) is 1. The Labute approximate surface area is 208 Å². The molecule has 1 N–H and O–H groups in total. The smallest absolute Gasteiger partial charge is 0.247 e. The Morgan fingerprint density at radius 2 is 1.66 bits per heavy atom. The van der Waals surface area contributed by atoms with E-state index in [0.29, 0.717) is 45.7 Å². The fourth-order valence-corrected chi connectivity index (χ4v) is 6.39. The molecule has 0 bridgehead atoms. The first-order valence-electron chi connectivity index (χ1n) is 13.5. The molecule has 3 unspecified atom stereocenters. The van der Waals surface area contributed by atoms with E-state index in [0.717, 1.165) is 24.6 Å². The van der Waals surface area contributed by atoms with E-state index in [1.54, 1.807) is 5.01 Å². The van der Waals surface area contributed by atoms with Gasteiger partial charge in [-0.1, -0.05) is 50.8 Å². The van der Waals surface area contributed by atoms with Crippen molar-refractivity contribution in [3.8, 4) is 0 Å². The third-order valence-electron chi connectivity index (χ3n) is 8.56. The number of piperidine rings is 1. The molecule has 3 aliphatic heterocycles. The molecule has 0 spiro atoms. The molecule has 0 radical (unpaired) electrons. The maximum absolute atomic E-state index is 13.7. The van der Waals surface area contributed by atoms with E-state index in [4.69, 9.17) is 0 Å².